The van der Waals surface area contributed by atoms with Gasteiger partial charge in [0, 0.05) is 0 Å². The fourth-order valence-corrected chi connectivity index (χ4v) is 1.04. The van der Waals surface area contributed by atoms with Crippen LogP contribution in [0.2, 0.25) is 0 Å². The molecular weight excluding hydrogens is 200 g/mol. The van der Waals surface area contributed by atoms with Crippen LogP contribution in [0, 0.1) is 0 Å². The standard InChI is InChI=1S/C11H12F2NO/c1-15-10-6-4-9(5-7-10)3-2-8-14-11(12)13/h2-7,11H,8H2,1H3/q-1. The third-order valence-corrected chi connectivity index (χ3v) is 1.77. The third kappa shape index (κ3) is 4.56. The number of halogens is 2. The molecule has 0 N–H and O–H groups in total. The van der Waals surface area contributed by atoms with Gasteiger partial charge in [-0.15, -0.1) is 12.6 Å². The molecule has 0 aromatic heterocycles. The van der Waals surface area contributed by atoms with Crippen molar-refractivity contribution in [3.8, 4) is 5.75 Å². The highest BCUT2D eigenvalue weighted by molar-refractivity contribution is 5.51. The van der Waals surface area contributed by atoms with Crippen LogP contribution in [0.3, 0.4) is 0 Å². The molecule has 0 bridgehead atoms. The van der Waals surface area contributed by atoms with Crippen LogP contribution in [0.15, 0.2) is 30.3 Å². The van der Waals surface area contributed by atoms with Crippen molar-refractivity contribution in [2.75, 3.05) is 13.7 Å². The number of ether oxygens (including phenoxy) is 1. The molecule has 0 saturated carbocycles. The fourth-order valence-electron chi connectivity index (χ4n) is 1.04. The second-order valence-electron chi connectivity index (χ2n) is 2.82. The van der Waals surface area contributed by atoms with Crippen molar-refractivity contribution in [3.05, 3.63) is 41.2 Å². The Bertz CT molecular complexity index is 309. The minimum atomic E-state index is -2.59. The van der Waals surface area contributed by atoms with Crippen LogP contribution < -0.4 is 4.74 Å². The van der Waals surface area contributed by atoms with Crippen molar-refractivity contribution >= 4 is 6.08 Å². The molecule has 15 heavy (non-hydrogen) atoms. The topological polar surface area (TPSA) is 23.3 Å². The van der Waals surface area contributed by atoms with Gasteiger partial charge in [-0.3, -0.25) is 0 Å². The van der Waals surface area contributed by atoms with Crippen LogP contribution in [0.25, 0.3) is 11.4 Å². The number of alkyl halides is 2. The fraction of sp³-hybridized carbons (Fsp3) is 0.273. The van der Waals surface area contributed by atoms with E-state index in [1.54, 1.807) is 19.3 Å². The summed E-state index contributed by atoms with van der Waals surface area (Å²) in [6, 6.07) is 7.31. The molecule has 0 saturated heterocycles. The van der Waals surface area contributed by atoms with E-state index in [1.807, 2.05) is 24.3 Å². The summed E-state index contributed by atoms with van der Waals surface area (Å²) < 4.78 is 28.3. The second-order valence-corrected chi connectivity index (χ2v) is 2.82. The monoisotopic (exact) mass is 212 g/mol. The average Bonchev–Trinajstić information content (AvgIpc) is 2.25. The van der Waals surface area contributed by atoms with E-state index < -0.39 is 6.55 Å². The molecule has 1 rings (SSSR count). The van der Waals surface area contributed by atoms with Gasteiger partial charge in [-0.2, -0.15) is 0 Å². The molecule has 0 amide bonds. The summed E-state index contributed by atoms with van der Waals surface area (Å²) in [5.74, 6) is 0.768. The van der Waals surface area contributed by atoms with E-state index in [-0.39, 0.29) is 6.54 Å². The van der Waals surface area contributed by atoms with Gasteiger partial charge in [-0.05, 0) is 17.7 Å². The largest absolute Gasteiger partial charge is 0.600 e. The smallest absolute Gasteiger partial charge is 0.160 e. The SMILES string of the molecule is COc1ccc(C=CC[N-]C(F)F)cc1. The highest BCUT2D eigenvalue weighted by Crippen LogP contribution is 2.12. The average molecular weight is 212 g/mol. The quantitative estimate of drug-likeness (QED) is 0.687. The van der Waals surface area contributed by atoms with Crippen molar-refractivity contribution in [1.29, 1.82) is 0 Å². The molecule has 0 heterocycles. The molecule has 82 valence electrons. The molecule has 0 atom stereocenters. The molecule has 1 aromatic carbocycles. The lowest BCUT2D eigenvalue weighted by molar-refractivity contribution is 0.190. The van der Waals surface area contributed by atoms with Crippen LogP contribution in [0.1, 0.15) is 5.56 Å². The molecule has 0 aliphatic carbocycles. The van der Waals surface area contributed by atoms with Crippen LogP contribution >= 0.6 is 0 Å². The maximum atomic E-state index is 11.6. The van der Waals surface area contributed by atoms with Crippen molar-refractivity contribution in [3.63, 3.8) is 0 Å². The van der Waals surface area contributed by atoms with E-state index in [2.05, 4.69) is 5.32 Å². The maximum Gasteiger partial charge on any atom is 0.160 e. The molecule has 0 aliphatic rings. The number of benzene rings is 1. The summed E-state index contributed by atoms with van der Waals surface area (Å²) in [4.78, 5) is 0. The third-order valence-electron chi connectivity index (χ3n) is 1.77. The highest BCUT2D eigenvalue weighted by atomic mass is 19.3. The summed E-state index contributed by atoms with van der Waals surface area (Å²) in [7, 11) is 1.59. The summed E-state index contributed by atoms with van der Waals surface area (Å²) in [6.07, 6.45) is 3.33. The van der Waals surface area contributed by atoms with Gasteiger partial charge in [0.25, 0.3) is 0 Å². The normalized spacial score (nSPS) is 11.2. The zero-order chi connectivity index (χ0) is 11.1. The number of rotatable bonds is 5. The van der Waals surface area contributed by atoms with Gasteiger partial charge in [-0.25, -0.2) is 8.78 Å². The Morgan fingerprint density at radius 3 is 2.53 bits per heavy atom. The Kier molecular flexibility index (Phi) is 4.77. The number of nitrogens with zero attached hydrogens (tertiary/aromatic N) is 1. The zero-order valence-electron chi connectivity index (χ0n) is 8.36. The summed E-state index contributed by atoms with van der Waals surface area (Å²) in [5, 5.41) is 3.03. The first-order valence-corrected chi connectivity index (χ1v) is 4.47. The lowest BCUT2D eigenvalue weighted by Gasteiger charge is -2.13. The van der Waals surface area contributed by atoms with Gasteiger partial charge >= 0.3 is 0 Å². The summed E-state index contributed by atoms with van der Waals surface area (Å²) in [5.41, 5.74) is 0.931. The predicted molar refractivity (Wildman–Crippen MR) is 56.3 cm³/mol. The van der Waals surface area contributed by atoms with E-state index >= 15 is 0 Å². The number of hydrogen-bond donors (Lipinski definition) is 0. The molecule has 0 aliphatic heterocycles. The lowest BCUT2D eigenvalue weighted by Crippen LogP contribution is -1.88. The molecule has 0 radical (unpaired) electrons. The molecule has 0 unspecified atom stereocenters. The Balaban J connectivity index is 2.43. The van der Waals surface area contributed by atoms with Crippen molar-refractivity contribution in [2.45, 2.75) is 6.55 Å². The van der Waals surface area contributed by atoms with Gasteiger partial charge in [0.05, 0.1) is 7.11 Å². The van der Waals surface area contributed by atoms with Gasteiger partial charge in [-0.1, -0.05) is 18.2 Å². The van der Waals surface area contributed by atoms with Gasteiger partial charge in [0.15, 0.2) is 6.55 Å². The molecule has 4 heteroatoms. The number of hydrogen-bond acceptors (Lipinski definition) is 1. The Morgan fingerprint density at radius 2 is 2.00 bits per heavy atom. The van der Waals surface area contributed by atoms with Crippen LogP contribution in [-0.4, -0.2) is 20.2 Å². The molecule has 0 fully saturated rings. The minimum Gasteiger partial charge on any atom is -0.600 e. The first-order valence-electron chi connectivity index (χ1n) is 4.47. The summed E-state index contributed by atoms with van der Waals surface area (Å²) in [6.45, 7) is -2.56. The Hall–Kier alpha value is -1.42. The van der Waals surface area contributed by atoms with Gasteiger partial charge in [0.1, 0.15) is 5.75 Å². The maximum absolute atomic E-state index is 11.6. The molecule has 1 aromatic rings. The first-order chi connectivity index (χ1) is 7.22. The van der Waals surface area contributed by atoms with Crippen LogP contribution in [0.5, 0.6) is 5.75 Å². The first kappa shape index (κ1) is 11.7. The molecular formula is C11H12F2NO-. The zero-order valence-corrected chi connectivity index (χ0v) is 8.36. The molecule has 2 nitrogen and oxygen atoms in total. The number of methoxy groups -OCH3 is 1. The van der Waals surface area contributed by atoms with Gasteiger partial charge in [0.2, 0.25) is 0 Å². The van der Waals surface area contributed by atoms with Crippen molar-refractivity contribution in [2.24, 2.45) is 0 Å². The van der Waals surface area contributed by atoms with E-state index in [0.29, 0.717) is 0 Å². The predicted octanol–water partition coefficient (Wildman–Crippen LogP) is 3.30. The second kappa shape index (κ2) is 6.14. The molecule has 0 spiro atoms. The lowest BCUT2D eigenvalue weighted by atomic mass is 10.2. The van der Waals surface area contributed by atoms with E-state index in [9.17, 15) is 8.78 Å². The van der Waals surface area contributed by atoms with Crippen molar-refractivity contribution < 1.29 is 13.5 Å². The Labute approximate surface area is 87.6 Å². The van der Waals surface area contributed by atoms with Crippen LogP contribution in [0.4, 0.5) is 8.78 Å². The van der Waals surface area contributed by atoms with Gasteiger partial charge < -0.3 is 10.1 Å². The van der Waals surface area contributed by atoms with Crippen LogP contribution in [-0.2, 0) is 0 Å². The Morgan fingerprint density at radius 1 is 1.33 bits per heavy atom. The van der Waals surface area contributed by atoms with E-state index in [1.165, 1.54) is 0 Å². The minimum absolute atomic E-state index is 0.0314. The summed E-state index contributed by atoms with van der Waals surface area (Å²) >= 11 is 0. The van der Waals surface area contributed by atoms with Crippen molar-refractivity contribution in [1.82, 2.24) is 0 Å². The van der Waals surface area contributed by atoms with E-state index in [0.717, 1.165) is 11.3 Å². The van der Waals surface area contributed by atoms with E-state index in [4.69, 9.17) is 4.74 Å². The highest BCUT2D eigenvalue weighted by Gasteiger charge is 1.89.